The van der Waals surface area contributed by atoms with Gasteiger partial charge in [-0.3, -0.25) is 0 Å². The third-order valence-electron chi connectivity index (χ3n) is 2.65. The van der Waals surface area contributed by atoms with Gasteiger partial charge in [0.2, 0.25) is 0 Å². The molecule has 0 fully saturated rings. The van der Waals surface area contributed by atoms with Gasteiger partial charge in [0.15, 0.2) is 5.82 Å². The highest BCUT2D eigenvalue weighted by molar-refractivity contribution is 5.62. The molecule has 4 heteroatoms. The van der Waals surface area contributed by atoms with Gasteiger partial charge in [-0.15, -0.1) is 0 Å². The average Bonchev–Trinajstić information content (AvgIpc) is 2.33. The van der Waals surface area contributed by atoms with Gasteiger partial charge in [-0.25, -0.2) is 15.8 Å². The second kappa shape index (κ2) is 4.28. The van der Waals surface area contributed by atoms with E-state index in [1.165, 1.54) is 11.1 Å². The third kappa shape index (κ3) is 1.87. The van der Waals surface area contributed by atoms with Crippen LogP contribution in [0, 0.1) is 13.8 Å². The zero-order valence-corrected chi connectivity index (χ0v) is 9.36. The van der Waals surface area contributed by atoms with Gasteiger partial charge in [0.25, 0.3) is 0 Å². The maximum Gasteiger partial charge on any atom is 0.161 e. The number of nitrogens with zero attached hydrogens (tertiary/aromatic N) is 2. The maximum absolute atomic E-state index is 5.32. The molecule has 0 aliphatic carbocycles. The molecule has 0 saturated heterocycles. The highest BCUT2D eigenvalue weighted by Crippen LogP contribution is 2.22. The van der Waals surface area contributed by atoms with E-state index in [1.54, 1.807) is 12.3 Å². The van der Waals surface area contributed by atoms with Crippen LogP contribution in [0.2, 0.25) is 0 Å². The number of hydrogen-bond acceptors (Lipinski definition) is 4. The molecule has 0 amide bonds. The highest BCUT2D eigenvalue weighted by atomic mass is 15.3. The minimum Gasteiger partial charge on any atom is -0.308 e. The van der Waals surface area contributed by atoms with E-state index in [0.29, 0.717) is 11.6 Å². The van der Waals surface area contributed by atoms with Crippen LogP contribution >= 0.6 is 0 Å². The van der Waals surface area contributed by atoms with Crippen LogP contribution in [-0.4, -0.2) is 9.97 Å². The lowest BCUT2D eigenvalue weighted by Crippen LogP contribution is -2.09. The van der Waals surface area contributed by atoms with Crippen molar-refractivity contribution in [1.82, 2.24) is 9.97 Å². The Kier molecular flexibility index (Phi) is 2.83. The van der Waals surface area contributed by atoms with Gasteiger partial charge in [-0.05, 0) is 25.0 Å². The number of hydrazine groups is 1. The van der Waals surface area contributed by atoms with E-state index in [9.17, 15) is 0 Å². The molecule has 0 aliphatic heterocycles. The van der Waals surface area contributed by atoms with Gasteiger partial charge >= 0.3 is 0 Å². The van der Waals surface area contributed by atoms with Crippen LogP contribution in [0.5, 0.6) is 0 Å². The van der Waals surface area contributed by atoms with Crippen LogP contribution in [0.25, 0.3) is 11.4 Å². The van der Waals surface area contributed by atoms with Crippen LogP contribution < -0.4 is 11.3 Å². The fourth-order valence-corrected chi connectivity index (χ4v) is 1.56. The number of rotatable bonds is 2. The molecular formula is C12H14N4. The van der Waals surface area contributed by atoms with Crippen molar-refractivity contribution in [1.29, 1.82) is 0 Å². The van der Waals surface area contributed by atoms with Crippen molar-refractivity contribution in [2.75, 3.05) is 5.43 Å². The first-order chi connectivity index (χ1) is 7.72. The van der Waals surface area contributed by atoms with Crippen molar-refractivity contribution in [3.8, 4) is 11.4 Å². The summed E-state index contributed by atoms with van der Waals surface area (Å²) in [5, 5.41) is 0. The molecule has 0 unspecified atom stereocenters. The second-order valence-electron chi connectivity index (χ2n) is 3.66. The molecule has 0 aliphatic rings. The van der Waals surface area contributed by atoms with Gasteiger partial charge in [0, 0.05) is 17.8 Å². The monoisotopic (exact) mass is 214 g/mol. The molecule has 2 rings (SSSR count). The molecule has 0 spiro atoms. The Bertz CT molecular complexity index is 508. The first-order valence-corrected chi connectivity index (χ1v) is 5.08. The number of anilines is 1. The summed E-state index contributed by atoms with van der Waals surface area (Å²) in [6.07, 6.45) is 1.69. The summed E-state index contributed by atoms with van der Waals surface area (Å²) in [4.78, 5) is 8.57. The van der Waals surface area contributed by atoms with Crippen LogP contribution in [0.15, 0.2) is 30.5 Å². The molecule has 1 aromatic heterocycles. The molecule has 0 atom stereocenters. The van der Waals surface area contributed by atoms with Crippen molar-refractivity contribution in [2.24, 2.45) is 5.84 Å². The molecule has 1 heterocycles. The predicted octanol–water partition coefficient (Wildman–Crippen LogP) is 2.05. The first kappa shape index (κ1) is 10.6. The average molecular weight is 214 g/mol. The zero-order chi connectivity index (χ0) is 11.5. The molecule has 0 saturated carbocycles. The molecular weight excluding hydrogens is 200 g/mol. The Hall–Kier alpha value is -1.94. The number of hydrogen-bond donors (Lipinski definition) is 2. The molecule has 0 bridgehead atoms. The fourth-order valence-electron chi connectivity index (χ4n) is 1.56. The fraction of sp³-hybridized carbons (Fsp3) is 0.167. The van der Waals surface area contributed by atoms with Crippen molar-refractivity contribution in [2.45, 2.75) is 13.8 Å². The van der Waals surface area contributed by atoms with Crippen LogP contribution in [0.1, 0.15) is 11.1 Å². The SMILES string of the molecule is Cc1cccc(-c2nccc(NN)n2)c1C. The number of aryl methyl sites for hydroxylation is 1. The normalized spacial score (nSPS) is 10.2. The standard InChI is InChI=1S/C12H14N4/c1-8-4-3-5-10(9(8)2)12-14-7-6-11(15-12)16-13/h3-7H,13H2,1-2H3,(H,14,15,16). The number of benzene rings is 1. The molecule has 3 N–H and O–H groups in total. The van der Waals surface area contributed by atoms with E-state index in [-0.39, 0.29) is 0 Å². The summed E-state index contributed by atoms with van der Waals surface area (Å²) < 4.78 is 0. The lowest BCUT2D eigenvalue weighted by molar-refractivity contribution is 1.14. The summed E-state index contributed by atoms with van der Waals surface area (Å²) in [5.74, 6) is 6.63. The predicted molar refractivity (Wildman–Crippen MR) is 64.8 cm³/mol. The van der Waals surface area contributed by atoms with Crippen LogP contribution in [-0.2, 0) is 0 Å². The number of aromatic nitrogens is 2. The van der Waals surface area contributed by atoms with Gasteiger partial charge in [0.1, 0.15) is 5.82 Å². The third-order valence-corrected chi connectivity index (χ3v) is 2.65. The molecule has 16 heavy (non-hydrogen) atoms. The largest absolute Gasteiger partial charge is 0.308 e. The molecule has 1 aromatic carbocycles. The summed E-state index contributed by atoms with van der Waals surface area (Å²) in [6.45, 7) is 4.14. The van der Waals surface area contributed by atoms with E-state index in [4.69, 9.17) is 5.84 Å². The summed E-state index contributed by atoms with van der Waals surface area (Å²) in [7, 11) is 0. The van der Waals surface area contributed by atoms with Crippen molar-refractivity contribution < 1.29 is 0 Å². The quantitative estimate of drug-likeness (QED) is 0.593. The number of nitrogens with two attached hydrogens (primary N) is 1. The van der Waals surface area contributed by atoms with Gasteiger partial charge in [0.05, 0.1) is 0 Å². The number of nitrogen functional groups attached to an aromatic ring is 1. The Morgan fingerprint density at radius 2 is 2.00 bits per heavy atom. The Balaban J connectivity index is 2.54. The molecule has 82 valence electrons. The summed E-state index contributed by atoms with van der Waals surface area (Å²) in [5.41, 5.74) is 5.98. The van der Waals surface area contributed by atoms with Crippen molar-refractivity contribution in [3.63, 3.8) is 0 Å². The van der Waals surface area contributed by atoms with Gasteiger partial charge < -0.3 is 5.43 Å². The van der Waals surface area contributed by atoms with Crippen LogP contribution in [0.3, 0.4) is 0 Å². The Morgan fingerprint density at radius 1 is 1.19 bits per heavy atom. The van der Waals surface area contributed by atoms with Crippen molar-refractivity contribution >= 4 is 5.82 Å². The van der Waals surface area contributed by atoms with Crippen LogP contribution in [0.4, 0.5) is 5.82 Å². The zero-order valence-electron chi connectivity index (χ0n) is 9.36. The highest BCUT2D eigenvalue weighted by Gasteiger charge is 2.06. The van der Waals surface area contributed by atoms with E-state index in [0.717, 1.165) is 5.56 Å². The topological polar surface area (TPSA) is 63.8 Å². The molecule has 2 aromatic rings. The molecule has 4 nitrogen and oxygen atoms in total. The molecule has 0 radical (unpaired) electrons. The lowest BCUT2D eigenvalue weighted by atomic mass is 10.0. The maximum atomic E-state index is 5.32. The first-order valence-electron chi connectivity index (χ1n) is 5.08. The minimum atomic E-state index is 0.617. The summed E-state index contributed by atoms with van der Waals surface area (Å²) >= 11 is 0. The minimum absolute atomic E-state index is 0.617. The van der Waals surface area contributed by atoms with E-state index in [2.05, 4.69) is 35.3 Å². The lowest BCUT2D eigenvalue weighted by Gasteiger charge is -2.08. The summed E-state index contributed by atoms with van der Waals surface area (Å²) in [6, 6.07) is 7.82. The van der Waals surface area contributed by atoms with Gasteiger partial charge in [-0.2, -0.15) is 0 Å². The van der Waals surface area contributed by atoms with E-state index < -0.39 is 0 Å². The van der Waals surface area contributed by atoms with E-state index in [1.807, 2.05) is 12.1 Å². The smallest absolute Gasteiger partial charge is 0.161 e. The second-order valence-corrected chi connectivity index (χ2v) is 3.66. The Morgan fingerprint density at radius 3 is 2.75 bits per heavy atom. The Labute approximate surface area is 94.5 Å². The van der Waals surface area contributed by atoms with E-state index >= 15 is 0 Å². The van der Waals surface area contributed by atoms with Gasteiger partial charge in [-0.1, -0.05) is 18.2 Å². The number of nitrogens with one attached hydrogen (secondary N) is 1. The van der Waals surface area contributed by atoms with Crippen molar-refractivity contribution in [3.05, 3.63) is 41.6 Å².